The zero-order chi connectivity index (χ0) is 15.9. The molecular weight excluding hydrogens is 272 g/mol. The van der Waals surface area contributed by atoms with Crippen LogP contribution in [-0.4, -0.2) is 41.9 Å². The number of ether oxygens (including phenoxy) is 1. The second-order valence-electron chi connectivity index (χ2n) is 5.99. The van der Waals surface area contributed by atoms with E-state index in [1.807, 2.05) is 6.92 Å². The molecule has 0 radical (unpaired) electrons. The van der Waals surface area contributed by atoms with Gasteiger partial charge in [0, 0.05) is 25.6 Å². The number of carboxylic acid groups (broad SMARTS) is 1. The third-order valence-electron chi connectivity index (χ3n) is 4.25. The van der Waals surface area contributed by atoms with Crippen LogP contribution in [0.25, 0.3) is 0 Å². The SMILES string of the molecule is CCC1(CC)CC(NC(=O)NCC(C)CC(=O)O)CCO1. The van der Waals surface area contributed by atoms with Crippen LogP contribution in [0.1, 0.15) is 52.9 Å². The van der Waals surface area contributed by atoms with Crippen molar-refractivity contribution < 1.29 is 19.4 Å². The summed E-state index contributed by atoms with van der Waals surface area (Å²) in [6, 6.07) is -0.103. The van der Waals surface area contributed by atoms with Crippen molar-refractivity contribution in [2.24, 2.45) is 5.92 Å². The van der Waals surface area contributed by atoms with Gasteiger partial charge in [-0.3, -0.25) is 4.79 Å². The summed E-state index contributed by atoms with van der Waals surface area (Å²) in [7, 11) is 0. The topological polar surface area (TPSA) is 87.7 Å². The summed E-state index contributed by atoms with van der Waals surface area (Å²) in [5.74, 6) is -0.918. The molecule has 21 heavy (non-hydrogen) atoms. The first-order valence-electron chi connectivity index (χ1n) is 7.81. The number of nitrogens with one attached hydrogen (secondary N) is 2. The Balaban J connectivity index is 2.35. The zero-order valence-corrected chi connectivity index (χ0v) is 13.3. The van der Waals surface area contributed by atoms with Gasteiger partial charge in [0.25, 0.3) is 0 Å². The van der Waals surface area contributed by atoms with Gasteiger partial charge in [0.1, 0.15) is 0 Å². The lowest BCUT2D eigenvalue weighted by Crippen LogP contribution is -2.51. The van der Waals surface area contributed by atoms with E-state index < -0.39 is 5.97 Å². The Hall–Kier alpha value is -1.30. The Bertz CT molecular complexity index is 356. The molecule has 6 heteroatoms. The van der Waals surface area contributed by atoms with Gasteiger partial charge in [-0.1, -0.05) is 20.8 Å². The summed E-state index contributed by atoms with van der Waals surface area (Å²) >= 11 is 0. The smallest absolute Gasteiger partial charge is 0.315 e. The summed E-state index contributed by atoms with van der Waals surface area (Å²) in [5, 5.41) is 14.4. The van der Waals surface area contributed by atoms with Gasteiger partial charge in [-0.25, -0.2) is 4.79 Å². The maximum absolute atomic E-state index is 11.9. The van der Waals surface area contributed by atoms with E-state index in [9.17, 15) is 9.59 Å². The Morgan fingerprint density at radius 1 is 1.38 bits per heavy atom. The van der Waals surface area contributed by atoms with E-state index in [4.69, 9.17) is 9.84 Å². The number of carbonyl (C=O) groups excluding carboxylic acids is 1. The molecule has 2 amide bonds. The van der Waals surface area contributed by atoms with Crippen molar-refractivity contribution in [2.75, 3.05) is 13.2 Å². The van der Waals surface area contributed by atoms with Gasteiger partial charge in [0.15, 0.2) is 0 Å². The Morgan fingerprint density at radius 3 is 2.62 bits per heavy atom. The number of urea groups is 1. The molecule has 6 nitrogen and oxygen atoms in total. The molecule has 3 N–H and O–H groups in total. The standard InChI is InChI=1S/C15H28N2O4/c1-4-15(5-2)9-12(6-7-21-15)17-14(20)16-10-11(3)8-13(18)19/h11-12H,4-10H2,1-3H3,(H,18,19)(H2,16,17,20). The fraction of sp³-hybridized carbons (Fsp3) is 0.867. The van der Waals surface area contributed by atoms with Crippen molar-refractivity contribution in [1.29, 1.82) is 0 Å². The molecule has 0 aromatic heterocycles. The molecule has 0 bridgehead atoms. The van der Waals surface area contributed by atoms with E-state index in [1.165, 1.54) is 0 Å². The molecule has 2 atom stereocenters. The van der Waals surface area contributed by atoms with Crippen molar-refractivity contribution in [3.8, 4) is 0 Å². The van der Waals surface area contributed by atoms with Crippen LogP contribution in [0.3, 0.4) is 0 Å². The number of rotatable bonds is 7. The van der Waals surface area contributed by atoms with Crippen molar-refractivity contribution >= 4 is 12.0 Å². The van der Waals surface area contributed by atoms with Gasteiger partial charge in [-0.2, -0.15) is 0 Å². The third kappa shape index (κ3) is 5.91. The van der Waals surface area contributed by atoms with Crippen molar-refractivity contribution in [2.45, 2.75) is 64.5 Å². The highest BCUT2D eigenvalue weighted by atomic mass is 16.5. The number of hydrogen-bond acceptors (Lipinski definition) is 3. The maximum Gasteiger partial charge on any atom is 0.315 e. The summed E-state index contributed by atoms with van der Waals surface area (Å²) in [6.07, 6.45) is 3.60. The van der Waals surface area contributed by atoms with Crippen LogP contribution in [0.5, 0.6) is 0 Å². The van der Waals surface area contributed by atoms with E-state index in [0.29, 0.717) is 13.2 Å². The molecular formula is C15H28N2O4. The minimum absolute atomic E-state index is 0.0618. The Morgan fingerprint density at radius 2 is 2.05 bits per heavy atom. The Labute approximate surface area is 126 Å². The highest BCUT2D eigenvalue weighted by Gasteiger charge is 2.35. The largest absolute Gasteiger partial charge is 0.481 e. The molecule has 1 heterocycles. The van der Waals surface area contributed by atoms with E-state index >= 15 is 0 Å². The van der Waals surface area contributed by atoms with Crippen molar-refractivity contribution in [3.63, 3.8) is 0 Å². The predicted octanol–water partition coefficient (Wildman–Crippen LogP) is 2.13. The van der Waals surface area contributed by atoms with Crippen LogP contribution in [-0.2, 0) is 9.53 Å². The van der Waals surface area contributed by atoms with Crippen LogP contribution in [0.15, 0.2) is 0 Å². The summed E-state index contributed by atoms with van der Waals surface area (Å²) in [4.78, 5) is 22.4. The molecule has 0 aliphatic carbocycles. The molecule has 0 aromatic carbocycles. The normalized spacial score (nSPS) is 22.3. The third-order valence-corrected chi connectivity index (χ3v) is 4.25. The van der Waals surface area contributed by atoms with E-state index in [1.54, 1.807) is 0 Å². The second kappa shape index (κ2) is 8.22. The molecule has 122 valence electrons. The molecule has 0 aromatic rings. The van der Waals surface area contributed by atoms with Crippen molar-refractivity contribution in [1.82, 2.24) is 10.6 Å². The summed E-state index contributed by atoms with van der Waals surface area (Å²) in [6.45, 7) is 7.07. The van der Waals surface area contributed by atoms with Crippen LogP contribution < -0.4 is 10.6 Å². The highest BCUT2D eigenvalue weighted by Crippen LogP contribution is 2.31. The van der Waals surface area contributed by atoms with Gasteiger partial charge in [0.05, 0.1) is 5.60 Å². The quantitative estimate of drug-likeness (QED) is 0.672. The molecule has 0 spiro atoms. The molecule has 0 saturated carbocycles. The first-order valence-corrected chi connectivity index (χ1v) is 7.81. The lowest BCUT2D eigenvalue weighted by Gasteiger charge is -2.40. The lowest BCUT2D eigenvalue weighted by molar-refractivity contribution is -0.137. The van der Waals surface area contributed by atoms with E-state index in [-0.39, 0.29) is 30.0 Å². The summed E-state index contributed by atoms with van der Waals surface area (Å²) < 4.78 is 5.88. The zero-order valence-electron chi connectivity index (χ0n) is 13.3. The van der Waals surface area contributed by atoms with Crippen LogP contribution in [0.2, 0.25) is 0 Å². The molecule has 2 unspecified atom stereocenters. The van der Waals surface area contributed by atoms with Gasteiger partial charge in [-0.05, 0) is 31.6 Å². The first-order chi connectivity index (χ1) is 9.90. The molecule has 1 fully saturated rings. The van der Waals surface area contributed by atoms with Crippen LogP contribution in [0.4, 0.5) is 4.79 Å². The van der Waals surface area contributed by atoms with Crippen molar-refractivity contribution in [3.05, 3.63) is 0 Å². The number of amides is 2. The number of hydrogen-bond donors (Lipinski definition) is 3. The van der Waals surface area contributed by atoms with Gasteiger partial charge in [0.2, 0.25) is 0 Å². The van der Waals surface area contributed by atoms with Gasteiger partial charge in [-0.15, -0.1) is 0 Å². The second-order valence-corrected chi connectivity index (χ2v) is 5.99. The number of carbonyl (C=O) groups is 2. The fourth-order valence-corrected chi connectivity index (χ4v) is 2.77. The van der Waals surface area contributed by atoms with Crippen LogP contribution in [0, 0.1) is 5.92 Å². The van der Waals surface area contributed by atoms with Gasteiger partial charge >= 0.3 is 12.0 Å². The molecule has 1 aliphatic rings. The Kier molecular flexibility index (Phi) is 6.95. The highest BCUT2D eigenvalue weighted by molar-refractivity contribution is 5.74. The maximum atomic E-state index is 11.9. The van der Waals surface area contributed by atoms with Gasteiger partial charge < -0.3 is 20.5 Å². The lowest BCUT2D eigenvalue weighted by atomic mass is 9.86. The van der Waals surface area contributed by atoms with Crippen LogP contribution >= 0.6 is 0 Å². The average Bonchev–Trinajstić information content (AvgIpc) is 2.44. The predicted molar refractivity (Wildman–Crippen MR) is 80.2 cm³/mol. The molecule has 1 aliphatic heterocycles. The number of carboxylic acids is 1. The average molecular weight is 300 g/mol. The monoisotopic (exact) mass is 300 g/mol. The summed E-state index contributed by atoms with van der Waals surface area (Å²) in [5.41, 5.74) is -0.118. The molecule has 1 saturated heterocycles. The minimum Gasteiger partial charge on any atom is -0.481 e. The molecule has 1 rings (SSSR count). The van der Waals surface area contributed by atoms with E-state index in [2.05, 4.69) is 24.5 Å². The van der Waals surface area contributed by atoms with E-state index in [0.717, 1.165) is 25.7 Å². The fourth-order valence-electron chi connectivity index (χ4n) is 2.77. The first kappa shape index (κ1) is 17.8. The number of aliphatic carboxylic acids is 1. The minimum atomic E-state index is -0.843.